The van der Waals surface area contributed by atoms with Crippen LogP contribution in [0.15, 0.2) is 88.3 Å². The lowest BCUT2D eigenvalue weighted by Crippen LogP contribution is -2.41. The number of thiazole rings is 1. The van der Waals surface area contributed by atoms with Crippen LogP contribution in [0.2, 0.25) is 0 Å². The summed E-state index contributed by atoms with van der Waals surface area (Å²) in [5.74, 6) is -0.769. The molecule has 0 saturated carbocycles. The van der Waals surface area contributed by atoms with Crippen molar-refractivity contribution in [3.8, 4) is 0 Å². The van der Waals surface area contributed by atoms with E-state index in [2.05, 4.69) is 11.6 Å². The van der Waals surface area contributed by atoms with Crippen molar-refractivity contribution >= 4 is 34.5 Å². The number of nitrogens with zero attached hydrogens (tertiary/aromatic N) is 3. The number of rotatable bonds is 5. The molecule has 0 radical (unpaired) electrons. The van der Waals surface area contributed by atoms with Gasteiger partial charge in [-0.1, -0.05) is 65.9 Å². The van der Waals surface area contributed by atoms with Crippen LogP contribution in [-0.2, 0) is 14.3 Å². The molecule has 5 rings (SSSR count). The highest BCUT2D eigenvalue weighted by molar-refractivity contribution is 7.07. The molecular weight excluding hydrogens is 462 g/mol. The summed E-state index contributed by atoms with van der Waals surface area (Å²) in [7, 11) is 0. The van der Waals surface area contributed by atoms with E-state index >= 15 is 0 Å². The van der Waals surface area contributed by atoms with Gasteiger partial charge in [-0.2, -0.15) is 0 Å². The Morgan fingerprint density at radius 3 is 2.57 bits per heavy atom. The Balaban J connectivity index is 1.82. The van der Waals surface area contributed by atoms with Crippen molar-refractivity contribution in [3.05, 3.63) is 109 Å². The van der Waals surface area contributed by atoms with Gasteiger partial charge in [-0.05, 0) is 25.5 Å². The molecule has 1 atom stereocenters. The molecule has 3 aromatic rings. The summed E-state index contributed by atoms with van der Waals surface area (Å²) in [5, 5.41) is 0. The Hall–Kier alpha value is -4.04. The summed E-state index contributed by atoms with van der Waals surface area (Å²) in [6, 6.07) is 16.0. The molecule has 2 aromatic carbocycles. The lowest BCUT2D eigenvalue weighted by molar-refractivity contribution is -0.139. The number of carbonyl (C=O) groups is 2. The average molecular weight is 486 g/mol. The van der Waals surface area contributed by atoms with E-state index in [-0.39, 0.29) is 18.1 Å². The zero-order valence-electron chi connectivity index (χ0n) is 19.4. The molecule has 0 spiro atoms. The first-order valence-electron chi connectivity index (χ1n) is 11.3. The molecule has 1 amide bonds. The third-order valence-corrected chi connectivity index (χ3v) is 7.12. The minimum absolute atomic E-state index is 0.204. The van der Waals surface area contributed by atoms with Gasteiger partial charge in [0.1, 0.15) is 4.53 Å². The van der Waals surface area contributed by atoms with Crippen molar-refractivity contribution in [1.82, 2.24) is 4.57 Å². The number of hydrogen-bond acceptors (Lipinski definition) is 6. The van der Waals surface area contributed by atoms with Crippen molar-refractivity contribution < 1.29 is 14.3 Å². The number of ether oxygens (including phenoxy) is 1. The molecule has 2 aliphatic heterocycles. The fraction of sp³-hybridized carbons (Fsp3) is 0.185. The fourth-order valence-electron chi connectivity index (χ4n) is 4.60. The largest absolute Gasteiger partial charge is 0.463 e. The van der Waals surface area contributed by atoms with Crippen LogP contribution in [0.5, 0.6) is 0 Å². The van der Waals surface area contributed by atoms with Crippen molar-refractivity contribution in [2.24, 2.45) is 4.99 Å². The summed E-state index contributed by atoms with van der Waals surface area (Å²) < 4.78 is 7.13. The van der Waals surface area contributed by atoms with Crippen LogP contribution >= 0.6 is 11.3 Å². The number of para-hydroxylation sites is 1. The van der Waals surface area contributed by atoms with Gasteiger partial charge in [0, 0.05) is 12.1 Å². The van der Waals surface area contributed by atoms with Crippen LogP contribution in [0.3, 0.4) is 0 Å². The van der Waals surface area contributed by atoms with Crippen molar-refractivity contribution in [2.45, 2.75) is 19.9 Å². The molecule has 0 saturated heterocycles. The Morgan fingerprint density at radius 1 is 1.14 bits per heavy atom. The molecule has 176 valence electrons. The van der Waals surface area contributed by atoms with Gasteiger partial charge in [0.15, 0.2) is 4.80 Å². The standard InChI is InChI=1S/C27H23N3O4S/c1-4-15-29-19-14-10-9-13-18(19)21(24(29)31)23-25(32)30-22(17-11-7-6-8-12-17)20(26(33)34-5-2)16(3)28-27(30)35-23/h4,6-14,22H,1,5,15H2,2-3H3/t22-/m1/s1. The monoisotopic (exact) mass is 485 g/mol. The first-order valence-corrected chi connectivity index (χ1v) is 12.1. The summed E-state index contributed by atoms with van der Waals surface area (Å²) in [6.07, 6.45) is 1.66. The third-order valence-electron chi connectivity index (χ3n) is 6.07. The molecule has 0 bridgehead atoms. The molecule has 1 aromatic heterocycles. The Kier molecular flexibility index (Phi) is 5.82. The predicted octanol–water partition coefficient (Wildman–Crippen LogP) is 2.70. The minimum atomic E-state index is -0.711. The van der Waals surface area contributed by atoms with E-state index in [0.29, 0.717) is 38.3 Å². The van der Waals surface area contributed by atoms with E-state index in [1.165, 1.54) is 4.57 Å². The average Bonchev–Trinajstić information content (AvgIpc) is 3.32. The zero-order valence-corrected chi connectivity index (χ0v) is 20.2. The number of aromatic nitrogens is 1. The van der Waals surface area contributed by atoms with Crippen molar-refractivity contribution in [2.75, 3.05) is 18.1 Å². The van der Waals surface area contributed by atoms with Crippen LogP contribution in [0.1, 0.15) is 31.0 Å². The second kappa shape index (κ2) is 8.96. The number of fused-ring (bicyclic) bond motifs is 2. The van der Waals surface area contributed by atoms with Gasteiger partial charge in [-0.3, -0.25) is 14.2 Å². The van der Waals surface area contributed by atoms with Crippen molar-refractivity contribution in [3.63, 3.8) is 0 Å². The highest BCUT2D eigenvalue weighted by atomic mass is 32.1. The van der Waals surface area contributed by atoms with E-state index < -0.39 is 12.0 Å². The number of allylic oxidation sites excluding steroid dienone is 1. The first-order chi connectivity index (χ1) is 17.0. The van der Waals surface area contributed by atoms with E-state index in [4.69, 9.17) is 4.74 Å². The summed E-state index contributed by atoms with van der Waals surface area (Å²) in [4.78, 5) is 47.1. The first kappa shape index (κ1) is 22.7. The molecular formula is C27H23N3O4S. The number of carbonyl (C=O) groups excluding carboxylic acids is 2. The molecule has 3 heterocycles. The minimum Gasteiger partial charge on any atom is -0.463 e. The molecule has 35 heavy (non-hydrogen) atoms. The Morgan fingerprint density at radius 2 is 1.86 bits per heavy atom. The van der Waals surface area contributed by atoms with Gasteiger partial charge in [0.2, 0.25) is 0 Å². The molecule has 8 heteroatoms. The molecule has 0 N–H and O–H groups in total. The third kappa shape index (κ3) is 3.57. The van der Waals surface area contributed by atoms with Gasteiger partial charge in [0.25, 0.3) is 11.5 Å². The molecule has 7 nitrogen and oxygen atoms in total. The highest BCUT2D eigenvalue weighted by Crippen LogP contribution is 2.35. The topological polar surface area (TPSA) is 81.0 Å². The maximum atomic E-state index is 14.0. The number of hydrogen-bond donors (Lipinski definition) is 0. The van der Waals surface area contributed by atoms with Crippen molar-refractivity contribution in [1.29, 1.82) is 0 Å². The number of benzene rings is 2. The quantitative estimate of drug-likeness (QED) is 0.411. The molecule has 2 aliphatic rings. The van der Waals surface area contributed by atoms with Crippen LogP contribution < -0.4 is 19.8 Å². The number of anilines is 1. The summed E-state index contributed by atoms with van der Waals surface area (Å²) in [6.45, 7) is 7.77. The fourth-order valence-corrected chi connectivity index (χ4v) is 5.74. The molecule has 0 unspecified atom stereocenters. The summed E-state index contributed by atoms with van der Waals surface area (Å²) in [5.41, 5.74) is 2.97. The zero-order chi connectivity index (χ0) is 24.7. The molecule has 0 aliphatic carbocycles. The summed E-state index contributed by atoms with van der Waals surface area (Å²) >= 11 is 1.16. The van der Waals surface area contributed by atoms with Gasteiger partial charge in [-0.15, -0.1) is 6.58 Å². The highest BCUT2D eigenvalue weighted by Gasteiger charge is 2.36. The maximum absolute atomic E-state index is 14.0. The lowest BCUT2D eigenvalue weighted by atomic mass is 9.96. The number of esters is 1. The van der Waals surface area contributed by atoms with Crippen LogP contribution in [0.25, 0.3) is 5.57 Å². The smallest absolute Gasteiger partial charge is 0.338 e. The Labute approximate surface area is 205 Å². The van der Waals surface area contributed by atoms with Gasteiger partial charge >= 0.3 is 5.97 Å². The van der Waals surface area contributed by atoms with Gasteiger partial charge < -0.3 is 9.64 Å². The van der Waals surface area contributed by atoms with Crippen LogP contribution in [0.4, 0.5) is 5.69 Å². The van der Waals surface area contributed by atoms with E-state index in [1.807, 2.05) is 54.6 Å². The van der Waals surface area contributed by atoms with Crippen LogP contribution in [-0.4, -0.2) is 29.6 Å². The number of amides is 1. The second-order valence-corrected chi connectivity index (χ2v) is 9.11. The van der Waals surface area contributed by atoms with Crippen LogP contribution in [0, 0.1) is 0 Å². The van der Waals surface area contributed by atoms with E-state index in [9.17, 15) is 14.4 Å². The second-order valence-electron chi connectivity index (χ2n) is 8.13. The SMILES string of the molecule is C=CCN1C(=O)C(=c2sc3n(c2=O)[C@H](c2ccccc2)C(C(=O)OCC)=C(C)N=3)c2ccccc21. The van der Waals surface area contributed by atoms with E-state index in [0.717, 1.165) is 22.6 Å². The van der Waals surface area contributed by atoms with E-state index in [1.54, 1.807) is 24.8 Å². The predicted molar refractivity (Wildman–Crippen MR) is 135 cm³/mol. The lowest BCUT2D eigenvalue weighted by Gasteiger charge is -2.24. The maximum Gasteiger partial charge on any atom is 0.338 e. The molecule has 0 fully saturated rings. The van der Waals surface area contributed by atoms with Gasteiger partial charge in [0.05, 0.1) is 35.2 Å². The Bertz CT molecular complexity index is 1580. The van der Waals surface area contributed by atoms with Gasteiger partial charge in [-0.25, -0.2) is 9.79 Å². The normalized spacial score (nSPS) is 18.2.